The molecule has 1 saturated carbocycles. The largest absolute Gasteiger partial charge is 0.448 e. The van der Waals surface area contributed by atoms with Crippen molar-refractivity contribution in [3.8, 4) is 0 Å². The average Bonchev–Trinajstić information content (AvgIpc) is 3.27. The molecular formula is C16H23ClN2O2. The van der Waals surface area contributed by atoms with Crippen molar-refractivity contribution >= 4 is 17.5 Å². The van der Waals surface area contributed by atoms with Crippen LogP contribution in [0, 0.1) is 11.8 Å². The van der Waals surface area contributed by atoms with Crippen molar-refractivity contribution in [2.24, 2.45) is 11.8 Å². The predicted molar refractivity (Wildman–Crippen MR) is 82.0 cm³/mol. The Labute approximate surface area is 130 Å². The second kappa shape index (κ2) is 6.41. The number of carbonyl (C=O) groups is 1. The number of nitrogens with zero attached hydrogens (tertiary/aromatic N) is 1. The van der Waals surface area contributed by atoms with E-state index in [0.29, 0.717) is 35.5 Å². The van der Waals surface area contributed by atoms with Crippen LogP contribution < -0.4 is 5.32 Å². The molecule has 116 valence electrons. The van der Waals surface area contributed by atoms with Crippen LogP contribution in [0.25, 0.3) is 0 Å². The van der Waals surface area contributed by atoms with Gasteiger partial charge in [0.2, 0.25) is 5.91 Å². The molecule has 0 bridgehead atoms. The van der Waals surface area contributed by atoms with E-state index in [2.05, 4.69) is 17.1 Å². The Morgan fingerprint density at radius 1 is 1.43 bits per heavy atom. The monoisotopic (exact) mass is 310 g/mol. The van der Waals surface area contributed by atoms with Gasteiger partial charge < -0.3 is 14.6 Å². The van der Waals surface area contributed by atoms with Crippen LogP contribution in [0.3, 0.4) is 0 Å². The molecule has 0 radical (unpaired) electrons. The zero-order valence-corrected chi connectivity index (χ0v) is 13.2. The van der Waals surface area contributed by atoms with Gasteiger partial charge in [0, 0.05) is 25.0 Å². The van der Waals surface area contributed by atoms with E-state index in [1.54, 1.807) is 6.07 Å². The predicted octanol–water partition coefficient (Wildman–Crippen LogP) is 3.06. The molecule has 5 heteroatoms. The van der Waals surface area contributed by atoms with Gasteiger partial charge in [-0.15, -0.1) is 0 Å². The Morgan fingerprint density at radius 3 is 2.86 bits per heavy atom. The fraction of sp³-hybridized carbons (Fsp3) is 0.688. The van der Waals surface area contributed by atoms with Crippen LogP contribution >= 0.6 is 11.6 Å². The summed E-state index contributed by atoms with van der Waals surface area (Å²) < 4.78 is 5.38. The normalized spacial score (nSPS) is 26.1. The maximum atomic E-state index is 12.2. The van der Waals surface area contributed by atoms with Gasteiger partial charge in [-0.05, 0) is 48.9 Å². The molecular weight excluding hydrogens is 288 g/mol. The number of carbonyl (C=O) groups excluding carboxylic acids is 1. The molecule has 1 aromatic rings. The first kappa shape index (κ1) is 14.9. The third-order valence-corrected chi connectivity index (χ3v) is 4.87. The molecule has 1 amide bonds. The molecule has 4 nitrogen and oxygen atoms in total. The highest BCUT2D eigenvalue weighted by molar-refractivity contribution is 6.28. The molecule has 2 fully saturated rings. The number of halogens is 1. The highest BCUT2D eigenvalue weighted by atomic mass is 35.5. The van der Waals surface area contributed by atoms with Gasteiger partial charge in [0.05, 0.1) is 6.54 Å². The molecule has 1 aliphatic carbocycles. The minimum atomic E-state index is 0.331. The Morgan fingerprint density at radius 2 is 2.24 bits per heavy atom. The lowest BCUT2D eigenvalue weighted by molar-refractivity contribution is -0.134. The number of likely N-dealkylation sites (tertiary alicyclic amines) is 1. The summed E-state index contributed by atoms with van der Waals surface area (Å²) in [7, 11) is 0. The van der Waals surface area contributed by atoms with Gasteiger partial charge in [-0.2, -0.15) is 0 Å². The van der Waals surface area contributed by atoms with Gasteiger partial charge in [0.1, 0.15) is 5.76 Å². The van der Waals surface area contributed by atoms with E-state index < -0.39 is 0 Å². The lowest BCUT2D eigenvalue weighted by Gasteiger charge is -2.39. The van der Waals surface area contributed by atoms with Crippen LogP contribution in [-0.2, 0) is 11.3 Å². The van der Waals surface area contributed by atoms with Crippen molar-refractivity contribution < 1.29 is 9.21 Å². The zero-order valence-electron chi connectivity index (χ0n) is 12.5. The van der Waals surface area contributed by atoms with Crippen molar-refractivity contribution in [2.75, 3.05) is 13.1 Å². The highest BCUT2D eigenvalue weighted by Gasteiger charge is 2.37. The topological polar surface area (TPSA) is 45.5 Å². The number of hydrogen-bond acceptors (Lipinski definition) is 3. The van der Waals surface area contributed by atoms with Crippen LogP contribution in [0.1, 0.15) is 38.4 Å². The molecule has 1 saturated heterocycles. The molecule has 2 heterocycles. The van der Waals surface area contributed by atoms with E-state index in [1.807, 2.05) is 6.07 Å². The summed E-state index contributed by atoms with van der Waals surface area (Å²) in [4.78, 5) is 14.3. The molecule has 0 aromatic carbocycles. The van der Waals surface area contributed by atoms with Crippen LogP contribution in [0.4, 0.5) is 0 Å². The molecule has 1 N–H and O–H groups in total. The lowest BCUT2D eigenvalue weighted by Crippen LogP contribution is -2.51. The molecule has 1 aromatic heterocycles. The maximum absolute atomic E-state index is 12.2. The minimum Gasteiger partial charge on any atom is -0.448 e. The Kier molecular flexibility index (Phi) is 4.55. The first-order valence-electron chi connectivity index (χ1n) is 7.93. The fourth-order valence-electron chi connectivity index (χ4n) is 3.18. The Bertz CT molecular complexity index is 498. The van der Waals surface area contributed by atoms with Crippen molar-refractivity contribution in [1.82, 2.24) is 10.2 Å². The van der Waals surface area contributed by atoms with Crippen LogP contribution in [0.2, 0.25) is 5.22 Å². The second-order valence-electron chi connectivity index (χ2n) is 6.21. The number of amides is 1. The molecule has 0 spiro atoms. The van der Waals surface area contributed by atoms with E-state index in [1.165, 1.54) is 0 Å². The Balaban J connectivity index is 1.52. The van der Waals surface area contributed by atoms with Crippen molar-refractivity contribution in [3.05, 3.63) is 23.1 Å². The smallest absolute Gasteiger partial charge is 0.225 e. The van der Waals surface area contributed by atoms with Gasteiger partial charge in [-0.3, -0.25) is 4.79 Å². The molecule has 2 aliphatic rings. The SMILES string of the molecule is CC[C@@H]1CN(C(=O)C2CC2)CC[C@@H]1NCc1ccc(Cl)o1. The number of hydrogen-bond donors (Lipinski definition) is 1. The van der Waals surface area contributed by atoms with E-state index in [-0.39, 0.29) is 0 Å². The first-order chi connectivity index (χ1) is 10.2. The molecule has 1 aliphatic heterocycles. The fourth-order valence-corrected chi connectivity index (χ4v) is 3.34. The van der Waals surface area contributed by atoms with Gasteiger partial charge in [0.25, 0.3) is 0 Å². The zero-order chi connectivity index (χ0) is 14.8. The van der Waals surface area contributed by atoms with E-state index in [4.69, 9.17) is 16.0 Å². The number of rotatable bonds is 5. The third kappa shape index (κ3) is 3.61. The molecule has 0 unspecified atom stereocenters. The molecule has 3 rings (SSSR count). The number of piperidine rings is 1. The summed E-state index contributed by atoms with van der Waals surface area (Å²) in [5.41, 5.74) is 0. The van der Waals surface area contributed by atoms with Crippen molar-refractivity contribution in [3.63, 3.8) is 0 Å². The van der Waals surface area contributed by atoms with E-state index >= 15 is 0 Å². The van der Waals surface area contributed by atoms with Crippen LogP contribution in [0.15, 0.2) is 16.5 Å². The number of nitrogens with one attached hydrogen (secondary N) is 1. The first-order valence-corrected chi connectivity index (χ1v) is 8.31. The number of furan rings is 1. The van der Waals surface area contributed by atoms with Gasteiger partial charge in [-0.25, -0.2) is 0 Å². The van der Waals surface area contributed by atoms with Crippen molar-refractivity contribution in [1.29, 1.82) is 0 Å². The summed E-state index contributed by atoms with van der Waals surface area (Å²) in [6.07, 6.45) is 4.29. The van der Waals surface area contributed by atoms with E-state index in [0.717, 1.165) is 44.5 Å². The molecule has 2 atom stereocenters. The van der Waals surface area contributed by atoms with E-state index in [9.17, 15) is 4.79 Å². The third-order valence-electron chi connectivity index (χ3n) is 4.66. The summed E-state index contributed by atoms with van der Waals surface area (Å²) >= 11 is 5.79. The van der Waals surface area contributed by atoms with Gasteiger partial charge in [-0.1, -0.05) is 13.3 Å². The quantitative estimate of drug-likeness (QED) is 0.909. The standard InChI is InChI=1S/C16H23ClN2O2/c1-2-11-10-19(16(20)12-3-4-12)8-7-14(11)18-9-13-5-6-15(17)21-13/h5-6,11-12,14,18H,2-4,7-10H2,1H3/t11-,14+/m1/s1. The summed E-state index contributed by atoms with van der Waals surface area (Å²) in [5.74, 6) is 2.10. The lowest BCUT2D eigenvalue weighted by atomic mass is 9.89. The van der Waals surface area contributed by atoms with Crippen LogP contribution in [0.5, 0.6) is 0 Å². The molecule has 21 heavy (non-hydrogen) atoms. The Hall–Kier alpha value is -1.00. The average molecular weight is 311 g/mol. The summed E-state index contributed by atoms with van der Waals surface area (Å²) in [5, 5.41) is 4.00. The maximum Gasteiger partial charge on any atom is 0.225 e. The van der Waals surface area contributed by atoms with Gasteiger partial charge in [0.15, 0.2) is 5.22 Å². The summed E-state index contributed by atoms with van der Waals surface area (Å²) in [6.45, 7) is 4.67. The second-order valence-corrected chi connectivity index (χ2v) is 6.58. The van der Waals surface area contributed by atoms with Crippen LogP contribution in [-0.4, -0.2) is 29.9 Å². The van der Waals surface area contributed by atoms with Gasteiger partial charge >= 0.3 is 0 Å². The summed E-state index contributed by atoms with van der Waals surface area (Å²) in [6, 6.07) is 4.12. The van der Waals surface area contributed by atoms with Crippen molar-refractivity contribution in [2.45, 2.75) is 45.2 Å². The minimum absolute atomic E-state index is 0.331. The highest BCUT2D eigenvalue weighted by Crippen LogP contribution is 2.33.